The molecule has 0 aromatic rings. The minimum Gasteiger partial charge on any atom is -1.00 e. The van der Waals surface area contributed by atoms with Gasteiger partial charge in [-0.05, 0) is 27.7 Å². The summed E-state index contributed by atoms with van der Waals surface area (Å²) in [5, 5.41) is 0. The number of hydrogen-bond donors (Lipinski definition) is 0. The van der Waals surface area contributed by atoms with Crippen LogP contribution in [0.15, 0.2) is 0 Å². The molecule has 0 spiro atoms. The van der Waals surface area contributed by atoms with Crippen molar-refractivity contribution >= 4 is 113 Å². The van der Waals surface area contributed by atoms with E-state index in [1.54, 1.807) is 13.8 Å². The van der Waals surface area contributed by atoms with E-state index in [1.165, 1.54) is 13.3 Å². The molecule has 0 amide bonds. The van der Waals surface area contributed by atoms with Crippen LogP contribution in [0.3, 0.4) is 0 Å². The molecule has 4 atom stereocenters. The summed E-state index contributed by atoms with van der Waals surface area (Å²) < 4.78 is 60.8. The molecule has 0 rings (SSSR count). The van der Waals surface area contributed by atoms with Crippen LogP contribution in [0, 0.1) is 14.2 Å². The monoisotopic (exact) mass is 710 g/mol. The molecule has 0 aliphatic heterocycles. The molecule has 0 aliphatic carbocycles. The topological polar surface area (TPSA) is 98.8 Å². The molecule has 0 aromatic heterocycles. The average Bonchev–Trinajstić information content (AvgIpc) is 2.53. The maximum absolute atomic E-state index is 12.4. The molecule has 0 fully saturated rings. The first kappa shape index (κ1) is 36.9. The van der Waals surface area contributed by atoms with Crippen LogP contribution in [-0.2, 0) is 41.4 Å². The zero-order chi connectivity index (χ0) is 21.1. The molecule has 168 valence electrons. The van der Waals surface area contributed by atoms with Gasteiger partial charge in [-0.3, -0.25) is 9.13 Å². The van der Waals surface area contributed by atoms with Gasteiger partial charge in [0.1, 0.15) is 0 Å². The minimum absolute atomic E-state index is 0. The predicted octanol–water partition coefficient (Wildman–Crippen LogP) is 3.35. The molecule has 0 aromatic carbocycles. The summed E-state index contributed by atoms with van der Waals surface area (Å²) in [7, 11) is 0.0419. The minimum atomic E-state index is -3.39. The Morgan fingerprint density at radius 1 is 0.724 bits per heavy atom. The number of rotatable bonds is 16. The van der Waals surface area contributed by atoms with Crippen molar-refractivity contribution in [2.45, 2.75) is 52.1 Å². The van der Waals surface area contributed by atoms with Gasteiger partial charge in [0, 0.05) is 13.3 Å². The molecule has 0 N–H and O–H groups in total. The molecule has 0 bridgehead atoms. The molecule has 0 aliphatic rings. The smallest absolute Gasteiger partial charge is 1.00 e. The molecule has 0 saturated carbocycles. The molecular formula is C16H36Ba2O9P2. The van der Waals surface area contributed by atoms with Gasteiger partial charge in [-0.1, -0.05) is 0 Å². The second-order valence-corrected chi connectivity index (χ2v) is 10.6. The van der Waals surface area contributed by atoms with Crippen LogP contribution in [0.2, 0.25) is 0 Å². The van der Waals surface area contributed by atoms with Crippen molar-refractivity contribution in [3.8, 4) is 0 Å². The second kappa shape index (κ2) is 19.6. The van der Waals surface area contributed by atoms with Crippen molar-refractivity contribution in [3.63, 3.8) is 0 Å². The van der Waals surface area contributed by atoms with E-state index in [9.17, 15) is 9.13 Å². The fourth-order valence-electron chi connectivity index (χ4n) is 1.69. The van der Waals surface area contributed by atoms with Gasteiger partial charge in [0.15, 0.2) is 0 Å². The zero-order valence-corrected chi connectivity index (χ0v) is 29.2. The Balaban J connectivity index is -0.000000563. The van der Waals surface area contributed by atoms with Gasteiger partial charge in [0.05, 0.1) is 50.8 Å². The van der Waals surface area contributed by atoms with Gasteiger partial charge in [-0.15, -0.1) is 0 Å². The van der Waals surface area contributed by atoms with Crippen LogP contribution in [0.1, 0.15) is 30.5 Å². The van der Waals surface area contributed by atoms with Crippen molar-refractivity contribution in [1.82, 2.24) is 0 Å². The van der Waals surface area contributed by atoms with Crippen LogP contribution in [0.5, 0.6) is 0 Å². The van der Waals surface area contributed by atoms with E-state index in [-0.39, 0.29) is 139 Å². The van der Waals surface area contributed by atoms with Gasteiger partial charge in [-0.25, -0.2) is 14.2 Å². The first-order chi connectivity index (χ1) is 12.4. The average molecular weight is 709 g/mol. The van der Waals surface area contributed by atoms with E-state index in [1.807, 2.05) is 13.8 Å². The Kier molecular flexibility index (Phi) is 24.9. The van der Waals surface area contributed by atoms with E-state index in [0.717, 1.165) is 0 Å². The van der Waals surface area contributed by atoms with Crippen LogP contribution in [-0.4, -0.2) is 162 Å². The molecule has 0 heterocycles. The van der Waals surface area contributed by atoms with E-state index >= 15 is 0 Å². The van der Waals surface area contributed by atoms with Crippen molar-refractivity contribution < 1.29 is 44.3 Å². The quantitative estimate of drug-likeness (QED) is 0.136. The standard InChI is InChI=1S/C16H34O9P2.2Ba.2H/c1-13(2)21-9-15(19-5)10-22-26(7,17)23-11-16(20-6)12-24-27(8,18)25-14(3)4;;;;/h13-16H,5-6,9-12H2,1-4,7-8H3;;;;/q-2;2*+2;2*-1. The van der Waals surface area contributed by atoms with E-state index < -0.39 is 27.4 Å². The summed E-state index contributed by atoms with van der Waals surface area (Å²) in [5.74, 6) is 0. The molecule has 9 nitrogen and oxygen atoms in total. The third-order valence-corrected chi connectivity index (χ3v) is 5.63. The summed E-state index contributed by atoms with van der Waals surface area (Å²) in [6.07, 6.45) is -1.40. The van der Waals surface area contributed by atoms with Gasteiger partial charge in [-0.2, -0.15) is 0 Å². The Morgan fingerprint density at radius 2 is 1.10 bits per heavy atom. The summed E-state index contributed by atoms with van der Waals surface area (Å²) in [6, 6.07) is 0. The van der Waals surface area contributed by atoms with Crippen molar-refractivity contribution in [2.24, 2.45) is 0 Å². The summed E-state index contributed by atoms with van der Waals surface area (Å²) in [6.45, 7) is 9.96. The fourth-order valence-corrected chi connectivity index (χ4v) is 3.91. The molecule has 0 radical (unpaired) electrons. The maximum atomic E-state index is 12.4. The normalized spacial score (nSPS) is 17.7. The molecule has 4 unspecified atom stereocenters. The first-order valence-electron chi connectivity index (χ1n) is 8.61. The Labute approximate surface area is 259 Å². The molecule has 13 heteroatoms. The van der Waals surface area contributed by atoms with E-state index in [4.69, 9.17) is 32.3 Å². The van der Waals surface area contributed by atoms with Crippen LogP contribution >= 0.6 is 15.2 Å². The van der Waals surface area contributed by atoms with Gasteiger partial charge < -0.3 is 35.2 Å². The molecular weight excluding hydrogens is 673 g/mol. The molecule has 29 heavy (non-hydrogen) atoms. The Bertz CT molecular complexity index is 506. The van der Waals surface area contributed by atoms with E-state index in [2.05, 4.69) is 14.2 Å². The maximum Gasteiger partial charge on any atom is 2.00 e. The van der Waals surface area contributed by atoms with Crippen molar-refractivity contribution in [2.75, 3.05) is 39.8 Å². The summed E-state index contributed by atoms with van der Waals surface area (Å²) >= 11 is 0. The third-order valence-electron chi connectivity index (χ3n) is 2.97. The van der Waals surface area contributed by atoms with Gasteiger partial charge >= 0.3 is 113 Å². The largest absolute Gasteiger partial charge is 2.00 e. The SMILES string of the molecule is [Ba+2].[Ba+2].[CH2-]OC(COC(C)C)COP(C)(=O)OCC(COP(C)(=O)OC(C)C)O[CH2-].[H-].[H-]. The van der Waals surface area contributed by atoms with Crippen molar-refractivity contribution in [1.29, 1.82) is 0 Å². The Morgan fingerprint density at radius 3 is 1.45 bits per heavy atom. The first-order valence-corrected chi connectivity index (χ1v) is 12.6. The van der Waals surface area contributed by atoms with Crippen LogP contribution < -0.4 is 0 Å². The summed E-state index contributed by atoms with van der Waals surface area (Å²) in [5.41, 5.74) is 0. The molecule has 0 saturated heterocycles. The van der Waals surface area contributed by atoms with Crippen LogP contribution in [0.4, 0.5) is 0 Å². The fraction of sp³-hybridized carbons (Fsp3) is 0.875. The zero-order valence-electron chi connectivity index (χ0n) is 20.5. The predicted molar refractivity (Wildman–Crippen MR) is 116 cm³/mol. The third kappa shape index (κ3) is 21.6. The van der Waals surface area contributed by atoms with Crippen molar-refractivity contribution in [3.05, 3.63) is 14.2 Å². The van der Waals surface area contributed by atoms with E-state index in [0.29, 0.717) is 0 Å². The Hall–Kier alpha value is 3.32. The number of hydrogen-bond acceptors (Lipinski definition) is 9. The second-order valence-electron chi connectivity index (χ2n) is 6.54. The van der Waals surface area contributed by atoms with Crippen LogP contribution in [0.25, 0.3) is 0 Å². The van der Waals surface area contributed by atoms with Gasteiger partial charge in [0.25, 0.3) is 0 Å². The summed E-state index contributed by atoms with van der Waals surface area (Å²) in [4.78, 5) is 0. The van der Waals surface area contributed by atoms with Gasteiger partial charge in [0.2, 0.25) is 0 Å². The number of ether oxygens (including phenoxy) is 3.